The number of piperidine rings is 1. The maximum atomic E-state index is 13.5. The zero-order valence-corrected chi connectivity index (χ0v) is 15.1. The summed E-state index contributed by atoms with van der Waals surface area (Å²) in [6.07, 6.45) is 3.62. The molecule has 0 N–H and O–H groups in total. The van der Waals surface area contributed by atoms with Crippen molar-refractivity contribution >= 4 is 11.7 Å². The highest BCUT2D eigenvalue weighted by molar-refractivity contribution is 5.86. The first-order valence-corrected chi connectivity index (χ1v) is 9.52. The molecule has 3 aliphatic rings. The van der Waals surface area contributed by atoms with E-state index in [1.54, 1.807) is 0 Å². The van der Waals surface area contributed by atoms with Crippen molar-refractivity contribution < 1.29 is 13.9 Å². The lowest BCUT2D eigenvalue weighted by atomic mass is 9.76. The van der Waals surface area contributed by atoms with E-state index >= 15 is 0 Å². The van der Waals surface area contributed by atoms with Crippen molar-refractivity contribution in [2.45, 2.75) is 31.5 Å². The van der Waals surface area contributed by atoms with Gasteiger partial charge in [-0.3, -0.25) is 4.79 Å². The molecule has 27 heavy (non-hydrogen) atoms. The molecule has 5 nitrogen and oxygen atoms in total. The maximum Gasteiger partial charge on any atom is 0.231 e. The minimum atomic E-state index is -0.359. The number of hydrogen-bond donors (Lipinski definition) is 0. The average molecular weight is 367 g/mol. The quantitative estimate of drug-likeness (QED) is 0.818. The Labute approximate surface area is 157 Å². The third-order valence-electron chi connectivity index (χ3n) is 6.28. The number of fused-ring (bicyclic) bond motifs is 1. The summed E-state index contributed by atoms with van der Waals surface area (Å²) < 4.78 is 19.5. The zero-order chi connectivity index (χ0) is 18.4. The molecule has 0 aliphatic carbocycles. The predicted molar refractivity (Wildman–Crippen MR) is 98.5 cm³/mol. The van der Waals surface area contributed by atoms with Gasteiger partial charge in [0.15, 0.2) is 0 Å². The van der Waals surface area contributed by atoms with Gasteiger partial charge in [-0.05, 0) is 24.5 Å². The van der Waals surface area contributed by atoms with E-state index in [4.69, 9.17) is 4.74 Å². The van der Waals surface area contributed by atoms with Gasteiger partial charge in [0, 0.05) is 31.8 Å². The van der Waals surface area contributed by atoms with Crippen LogP contribution in [-0.4, -0.2) is 41.7 Å². The molecule has 1 spiro atoms. The van der Waals surface area contributed by atoms with Crippen molar-refractivity contribution in [3.05, 3.63) is 60.0 Å². The van der Waals surface area contributed by atoms with Gasteiger partial charge in [-0.15, -0.1) is 0 Å². The van der Waals surface area contributed by atoms with Crippen LogP contribution in [0.3, 0.4) is 0 Å². The summed E-state index contributed by atoms with van der Waals surface area (Å²) in [6, 6.07) is 12.9. The number of halogens is 1. The van der Waals surface area contributed by atoms with E-state index in [2.05, 4.69) is 22.0 Å². The van der Waals surface area contributed by atoms with Crippen LogP contribution in [0.2, 0.25) is 0 Å². The maximum absolute atomic E-state index is 13.5. The van der Waals surface area contributed by atoms with Crippen LogP contribution in [0.5, 0.6) is 0 Å². The molecule has 0 saturated carbocycles. The van der Waals surface area contributed by atoms with Crippen LogP contribution in [0.1, 0.15) is 30.9 Å². The van der Waals surface area contributed by atoms with Crippen molar-refractivity contribution in [2.75, 3.05) is 24.6 Å². The van der Waals surface area contributed by atoms with E-state index in [1.807, 2.05) is 23.1 Å². The molecular formula is C21H22FN3O2. The molecule has 3 fully saturated rings. The molecule has 0 radical (unpaired) electrons. The fourth-order valence-corrected chi connectivity index (χ4v) is 4.77. The van der Waals surface area contributed by atoms with Gasteiger partial charge in [-0.1, -0.05) is 30.3 Å². The molecule has 2 atom stereocenters. The van der Waals surface area contributed by atoms with Gasteiger partial charge in [0.1, 0.15) is 17.9 Å². The number of ether oxygens (including phenoxy) is 1. The standard InChI is InChI=1S/C21H22FN3O2/c22-16-6-9-23-18(12-16)24-10-7-21(8-11-24)13-19-25(20(21)26)17(14-27-19)15-4-2-1-3-5-15/h1-6,9,12,17,19H,7-8,10-11,13-14H2. The van der Waals surface area contributed by atoms with Crippen LogP contribution in [0.25, 0.3) is 0 Å². The monoisotopic (exact) mass is 367 g/mol. The Hall–Kier alpha value is -2.47. The lowest BCUT2D eigenvalue weighted by Gasteiger charge is -2.39. The lowest BCUT2D eigenvalue weighted by Crippen LogP contribution is -2.45. The molecule has 3 saturated heterocycles. The van der Waals surface area contributed by atoms with E-state index in [0.717, 1.165) is 24.8 Å². The molecule has 1 aromatic heterocycles. The van der Waals surface area contributed by atoms with Gasteiger partial charge >= 0.3 is 0 Å². The number of benzene rings is 1. The van der Waals surface area contributed by atoms with Gasteiger partial charge < -0.3 is 14.5 Å². The molecule has 2 aromatic rings. The fraction of sp³-hybridized carbons (Fsp3) is 0.429. The summed E-state index contributed by atoms with van der Waals surface area (Å²) in [6.45, 7) is 1.98. The molecule has 6 heteroatoms. The summed E-state index contributed by atoms with van der Waals surface area (Å²) in [5.74, 6) is 0.580. The molecule has 1 aromatic carbocycles. The Kier molecular flexibility index (Phi) is 3.90. The molecule has 1 amide bonds. The number of carbonyl (C=O) groups excluding carboxylic acids is 1. The van der Waals surface area contributed by atoms with E-state index < -0.39 is 0 Å². The summed E-state index contributed by atoms with van der Waals surface area (Å²) in [4.78, 5) is 21.7. The summed E-state index contributed by atoms with van der Waals surface area (Å²) in [5.41, 5.74) is 0.772. The number of anilines is 1. The van der Waals surface area contributed by atoms with E-state index in [0.29, 0.717) is 25.5 Å². The number of pyridine rings is 1. The SMILES string of the molecule is O=C1N2C(CC13CCN(c1cc(F)ccn1)CC3)OCC2c1ccccc1. The Morgan fingerprint density at radius 1 is 1.15 bits per heavy atom. The highest BCUT2D eigenvalue weighted by Crippen LogP contribution is 2.50. The highest BCUT2D eigenvalue weighted by atomic mass is 19.1. The second-order valence-electron chi connectivity index (χ2n) is 7.73. The first kappa shape index (κ1) is 16.7. The summed E-state index contributed by atoms with van der Waals surface area (Å²) in [5, 5.41) is 0. The Bertz CT molecular complexity index is 852. The van der Waals surface area contributed by atoms with Crippen LogP contribution in [-0.2, 0) is 9.53 Å². The number of nitrogens with zero attached hydrogens (tertiary/aromatic N) is 3. The summed E-state index contributed by atoms with van der Waals surface area (Å²) >= 11 is 0. The van der Waals surface area contributed by atoms with Crippen LogP contribution in [0.15, 0.2) is 48.7 Å². The van der Waals surface area contributed by atoms with Crippen molar-refractivity contribution in [3.8, 4) is 0 Å². The number of amides is 1. The number of hydrogen-bond acceptors (Lipinski definition) is 4. The molecule has 3 aliphatic heterocycles. The highest BCUT2D eigenvalue weighted by Gasteiger charge is 2.57. The smallest absolute Gasteiger partial charge is 0.231 e. The van der Waals surface area contributed by atoms with Gasteiger partial charge in [-0.25, -0.2) is 9.37 Å². The van der Waals surface area contributed by atoms with E-state index in [-0.39, 0.29) is 29.4 Å². The fourth-order valence-electron chi connectivity index (χ4n) is 4.77. The van der Waals surface area contributed by atoms with Crippen molar-refractivity contribution in [2.24, 2.45) is 5.41 Å². The number of aromatic nitrogens is 1. The first-order chi connectivity index (χ1) is 13.2. The topological polar surface area (TPSA) is 45.7 Å². The van der Waals surface area contributed by atoms with E-state index in [1.165, 1.54) is 18.3 Å². The van der Waals surface area contributed by atoms with Crippen LogP contribution in [0.4, 0.5) is 10.2 Å². The molecule has 0 bridgehead atoms. The van der Waals surface area contributed by atoms with Crippen LogP contribution in [0, 0.1) is 11.2 Å². The molecule has 140 valence electrons. The minimum absolute atomic E-state index is 0.00555. The molecule has 2 unspecified atom stereocenters. The molecule has 5 rings (SSSR count). The van der Waals surface area contributed by atoms with Crippen LogP contribution >= 0.6 is 0 Å². The molecule has 4 heterocycles. The predicted octanol–water partition coefficient (Wildman–Crippen LogP) is 3.14. The second-order valence-corrected chi connectivity index (χ2v) is 7.73. The van der Waals surface area contributed by atoms with Gasteiger partial charge in [0.25, 0.3) is 0 Å². The van der Waals surface area contributed by atoms with Crippen molar-refractivity contribution in [1.82, 2.24) is 9.88 Å². The van der Waals surface area contributed by atoms with Crippen molar-refractivity contribution in [1.29, 1.82) is 0 Å². The van der Waals surface area contributed by atoms with Gasteiger partial charge in [0.2, 0.25) is 5.91 Å². The third-order valence-corrected chi connectivity index (χ3v) is 6.28. The summed E-state index contributed by atoms with van der Waals surface area (Å²) in [7, 11) is 0. The zero-order valence-electron chi connectivity index (χ0n) is 15.1. The van der Waals surface area contributed by atoms with E-state index in [9.17, 15) is 9.18 Å². The number of rotatable bonds is 2. The first-order valence-electron chi connectivity index (χ1n) is 9.52. The minimum Gasteiger partial charge on any atom is -0.356 e. The Morgan fingerprint density at radius 3 is 2.67 bits per heavy atom. The van der Waals surface area contributed by atoms with Gasteiger partial charge in [-0.2, -0.15) is 0 Å². The molecular weight excluding hydrogens is 345 g/mol. The third kappa shape index (κ3) is 2.70. The largest absolute Gasteiger partial charge is 0.356 e. The number of carbonyl (C=O) groups is 1. The van der Waals surface area contributed by atoms with Gasteiger partial charge in [0.05, 0.1) is 18.1 Å². The lowest BCUT2D eigenvalue weighted by molar-refractivity contribution is -0.139. The Balaban J connectivity index is 1.34. The Morgan fingerprint density at radius 2 is 1.93 bits per heavy atom. The normalized spacial score (nSPS) is 26.6. The van der Waals surface area contributed by atoms with Crippen LogP contribution < -0.4 is 4.90 Å². The van der Waals surface area contributed by atoms with Crippen molar-refractivity contribution in [3.63, 3.8) is 0 Å². The second kappa shape index (κ2) is 6.30. The average Bonchev–Trinajstić information content (AvgIpc) is 3.22.